The molecule has 164 valence electrons. The van der Waals surface area contributed by atoms with Crippen LogP contribution >= 0.6 is 43.6 Å². The number of rotatable bonds is 5. The van der Waals surface area contributed by atoms with Crippen LogP contribution in [0.25, 0.3) is 17.0 Å². The number of thioether (sulfide) groups is 1. The van der Waals surface area contributed by atoms with E-state index in [1.807, 2.05) is 66.9 Å². The molecule has 1 aromatic heterocycles. The van der Waals surface area contributed by atoms with Gasteiger partial charge in [-0.1, -0.05) is 74.3 Å². The molecule has 1 fully saturated rings. The third kappa shape index (κ3) is 4.71. The fourth-order valence-electron chi connectivity index (χ4n) is 3.87. The van der Waals surface area contributed by atoms with E-state index in [-0.39, 0.29) is 17.7 Å². The van der Waals surface area contributed by atoms with Gasteiger partial charge in [-0.2, -0.15) is 0 Å². The number of amides is 2. The van der Waals surface area contributed by atoms with E-state index < -0.39 is 0 Å². The van der Waals surface area contributed by atoms with Crippen molar-refractivity contribution in [2.45, 2.75) is 13.1 Å². The van der Waals surface area contributed by atoms with Crippen molar-refractivity contribution in [3.8, 4) is 0 Å². The van der Waals surface area contributed by atoms with Crippen LogP contribution in [0.5, 0.6) is 0 Å². The standard InChI is InChI=1S/C26H18Br2N2O2S/c27-20-8-6-18(7-9-20)14-29-16-19(22-13-21(28)10-11-23(22)29)12-24-25(31)30(26(32)33-24)15-17-4-2-1-3-5-17/h1-13,16H,14-15H2/b24-12-. The number of fused-ring (bicyclic) bond motifs is 1. The molecule has 1 saturated heterocycles. The minimum absolute atomic E-state index is 0.241. The number of hydrogen-bond acceptors (Lipinski definition) is 3. The summed E-state index contributed by atoms with van der Waals surface area (Å²) in [5.41, 5.74) is 4.08. The molecule has 0 atom stereocenters. The highest BCUT2D eigenvalue weighted by atomic mass is 79.9. The van der Waals surface area contributed by atoms with E-state index in [4.69, 9.17) is 0 Å². The number of halogens is 2. The summed E-state index contributed by atoms with van der Waals surface area (Å²) in [6.45, 7) is 0.981. The highest BCUT2D eigenvalue weighted by Crippen LogP contribution is 2.35. The van der Waals surface area contributed by atoms with Crippen LogP contribution in [0, 0.1) is 0 Å². The summed E-state index contributed by atoms with van der Waals surface area (Å²) < 4.78 is 4.17. The van der Waals surface area contributed by atoms with E-state index in [2.05, 4.69) is 54.6 Å². The van der Waals surface area contributed by atoms with Gasteiger partial charge in [-0.15, -0.1) is 0 Å². The summed E-state index contributed by atoms with van der Waals surface area (Å²) in [6.07, 6.45) is 3.88. The summed E-state index contributed by atoms with van der Waals surface area (Å²) in [6, 6.07) is 23.9. The van der Waals surface area contributed by atoms with Gasteiger partial charge in [0.05, 0.1) is 11.4 Å². The fourth-order valence-corrected chi connectivity index (χ4v) is 5.33. The predicted octanol–water partition coefficient (Wildman–Crippen LogP) is 7.45. The molecule has 4 aromatic rings. The lowest BCUT2D eigenvalue weighted by atomic mass is 10.1. The molecule has 33 heavy (non-hydrogen) atoms. The second-order valence-electron chi connectivity index (χ2n) is 7.75. The highest BCUT2D eigenvalue weighted by molar-refractivity contribution is 9.10. The van der Waals surface area contributed by atoms with Gasteiger partial charge in [0, 0.05) is 38.2 Å². The Morgan fingerprint density at radius 1 is 0.818 bits per heavy atom. The topological polar surface area (TPSA) is 42.3 Å². The normalized spacial score (nSPS) is 15.2. The number of imide groups is 1. The van der Waals surface area contributed by atoms with Crippen LogP contribution in [-0.4, -0.2) is 20.6 Å². The van der Waals surface area contributed by atoms with E-state index in [1.54, 1.807) is 0 Å². The van der Waals surface area contributed by atoms with Crippen LogP contribution in [0.15, 0.2) is 92.8 Å². The first-order valence-corrected chi connectivity index (χ1v) is 12.7. The first-order valence-electron chi connectivity index (χ1n) is 10.3. The van der Waals surface area contributed by atoms with Gasteiger partial charge in [0.2, 0.25) is 0 Å². The fraction of sp³-hybridized carbons (Fsp3) is 0.0769. The smallest absolute Gasteiger partial charge is 0.293 e. The summed E-state index contributed by atoms with van der Waals surface area (Å²) in [4.78, 5) is 27.4. The zero-order valence-corrected chi connectivity index (χ0v) is 21.4. The maximum absolute atomic E-state index is 13.1. The predicted molar refractivity (Wildman–Crippen MR) is 141 cm³/mol. The van der Waals surface area contributed by atoms with Crippen molar-refractivity contribution in [1.29, 1.82) is 0 Å². The Hall–Kier alpha value is -2.61. The molecule has 1 aliphatic heterocycles. The molecule has 0 bridgehead atoms. The number of carbonyl (C=O) groups excluding carboxylic acids is 2. The quantitative estimate of drug-likeness (QED) is 0.230. The number of nitrogens with zero attached hydrogens (tertiary/aromatic N) is 2. The molecule has 0 aliphatic carbocycles. The SMILES string of the molecule is O=C1S/C(=C\c2cn(Cc3ccc(Br)cc3)c3ccc(Br)cc23)C(=O)N1Cc1ccccc1. The van der Waals surface area contributed by atoms with Gasteiger partial charge < -0.3 is 4.57 Å². The molecule has 2 amide bonds. The maximum atomic E-state index is 13.1. The Labute approximate surface area is 212 Å². The lowest BCUT2D eigenvalue weighted by Crippen LogP contribution is -2.27. The van der Waals surface area contributed by atoms with Crippen LogP contribution in [0.3, 0.4) is 0 Å². The third-order valence-electron chi connectivity index (χ3n) is 5.48. The minimum Gasteiger partial charge on any atom is -0.342 e. The summed E-state index contributed by atoms with van der Waals surface area (Å²) in [7, 11) is 0. The number of hydrogen-bond donors (Lipinski definition) is 0. The van der Waals surface area contributed by atoms with Crippen molar-refractivity contribution >= 4 is 71.7 Å². The van der Waals surface area contributed by atoms with Gasteiger partial charge in [-0.05, 0) is 59.3 Å². The molecule has 2 heterocycles. The highest BCUT2D eigenvalue weighted by Gasteiger charge is 2.35. The molecule has 0 N–H and O–H groups in total. The average molecular weight is 582 g/mol. The molecular weight excluding hydrogens is 564 g/mol. The maximum Gasteiger partial charge on any atom is 0.293 e. The Kier molecular flexibility index (Phi) is 6.27. The molecule has 7 heteroatoms. The number of carbonyl (C=O) groups is 2. The Morgan fingerprint density at radius 3 is 2.27 bits per heavy atom. The second kappa shape index (κ2) is 9.33. The van der Waals surface area contributed by atoms with Crippen LogP contribution in [-0.2, 0) is 17.9 Å². The van der Waals surface area contributed by atoms with Gasteiger partial charge in [0.15, 0.2) is 0 Å². The van der Waals surface area contributed by atoms with Gasteiger partial charge in [-0.25, -0.2) is 0 Å². The Balaban J connectivity index is 1.49. The van der Waals surface area contributed by atoms with E-state index >= 15 is 0 Å². The van der Waals surface area contributed by atoms with Gasteiger partial charge >= 0.3 is 0 Å². The molecular formula is C26H18Br2N2O2S. The third-order valence-corrected chi connectivity index (χ3v) is 7.41. The van der Waals surface area contributed by atoms with Crippen molar-refractivity contribution in [2.24, 2.45) is 0 Å². The van der Waals surface area contributed by atoms with Crippen molar-refractivity contribution in [3.63, 3.8) is 0 Å². The molecule has 0 unspecified atom stereocenters. The molecule has 3 aromatic carbocycles. The average Bonchev–Trinajstić information content (AvgIpc) is 3.27. The Morgan fingerprint density at radius 2 is 1.52 bits per heavy atom. The molecule has 0 saturated carbocycles. The Bertz CT molecular complexity index is 1400. The van der Waals surface area contributed by atoms with Crippen molar-refractivity contribution < 1.29 is 9.59 Å². The van der Waals surface area contributed by atoms with Gasteiger partial charge in [0.25, 0.3) is 11.1 Å². The molecule has 4 nitrogen and oxygen atoms in total. The zero-order valence-electron chi connectivity index (χ0n) is 17.4. The molecule has 1 aliphatic rings. The second-order valence-corrected chi connectivity index (χ2v) is 10.6. The van der Waals surface area contributed by atoms with E-state index in [9.17, 15) is 9.59 Å². The lowest BCUT2D eigenvalue weighted by Gasteiger charge is -2.12. The largest absolute Gasteiger partial charge is 0.342 e. The minimum atomic E-state index is -0.252. The summed E-state index contributed by atoms with van der Waals surface area (Å²) in [5, 5.41) is 0.784. The van der Waals surface area contributed by atoms with E-state index in [0.29, 0.717) is 11.4 Å². The molecule has 0 radical (unpaired) electrons. The van der Waals surface area contributed by atoms with Crippen molar-refractivity contribution in [3.05, 3.63) is 110 Å². The van der Waals surface area contributed by atoms with Crippen LogP contribution in [0.1, 0.15) is 16.7 Å². The van der Waals surface area contributed by atoms with Crippen LogP contribution < -0.4 is 0 Å². The number of benzene rings is 3. The van der Waals surface area contributed by atoms with Crippen molar-refractivity contribution in [1.82, 2.24) is 9.47 Å². The van der Waals surface area contributed by atoms with Crippen molar-refractivity contribution in [2.75, 3.05) is 0 Å². The molecule has 5 rings (SSSR count). The van der Waals surface area contributed by atoms with Gasteiger partial charge in [0.1, 0.15) is 0 Å². The number of aromatic nitrogens is 1. The first kappa shape index (κ1) is 22.2. The van der Waals surface area contributed by atoms with Crippen LogP contribution in [0.4, 0.5) is 4.79 Å². The first-order chi connectivity index (χ1) is 16.0. The zero-order chi connectivity index (χ0) is 22.9. The lowest BCUT2D eigenvalue weighted by molar-refractivity contribution is -0.123. The monoisotopic (exact) mass is 580 g/mol. The van der Waals surface area contributed by atoms with Gasteiger partial charge in [-0.3, -0.25) is 14.5 Å². The summed E-state index contributed by atoms with van der Waals surface area (Å²) in [5.74, 6) is -0.252. The van der Waals surface area contributed by atoms with Crippen LogP contribution in [0.2, 0.25) is 0 Å². The van der Waals surface area contributed by atoms with E-state index in [0.717, 1.165) is 42.7 Å². The molecule has 0 spiro atoms. The van der Waals surface area contributed by atoms with E-state index in [1.165, 1.54) is 10.5 Å². The summed E-state index contributed by atoms with van der Waals surface area (Å²) >= 11 is 8.04.